The van der Waals surface area contributed by atoms with E-state index in [-0.39, 0.29) is 17.4 Å². The predicted octanol–water partition coefficient (Wildman–Crippen LogP) is 2.85. The number of aliphatic hydroxyl groups excluding tert-OH is 1. The minimum absolute atomic E-state index is 0.0720. The van der Waals surface area contributed by atoms with Crippen molar-refractivity contribution < 1.29 is 9.32 Å². The lowest BCUT2D eigenvalue weighted by molar-refractivity contribution is 0.143. The second-order valence-electron chi connectivity index (χ2n) is 10.5. The Bertz CT molecular complexity index is 1120. The highest BCUT2D eigenvalue weighted by molar-refractivity contribution is 7.86. The predicted molar refractivity (Wildman–Crippen MR) is 125 cm³/mol. The number of hydrogen-bond donors (Lipinski definition) is 2. The van der Waals surface area contributed by atoms with Gasteiger partial charge in [0.05, 0.1) is 33.7 Å². The fraction of sp³-hybridized carbons (Fsp3) is 0.652. The monoisotopic (exact) mass is 486 g/mol. The second kappa shape index (κ2) is 7.33. The molecule has 2 N–H and O–H groups in total. The summed E-state index contributed by atoms with van der Waals surface area (Å²) in [7, 11) is -1.05. The molecule has 2 aromatic heterocycles. The minimum Gasteiger partial charge on any atom is -0.394 e. The number of hydrogen-bond acceptors (Lipinski definition) is 8. The van der Waals surface area contributed by atoms with Gasteiger partial charge in [0.1, 0.15) is 16.5 Å². The van der Waals surface area contributed by atoms with E-state index in [1.807, 2.05) is 0 Å². The Morgan fingerprint density at radius 2 is 1.88 bits per heavy atom. The van der Waals surface area contributed by atoms with Crippen molar-refractivity contribution in [1.82, 2.24) is 19.9 Å². The second-order valence-corrected chi connectivity index (χ2v) is 12.6. The van der Waals surface area contributed by atoms with Crippen molar-refractivity contribution in [2.45, 2.75) is 66.0 Å². The fourth-order valence-electron chi connectivity index (χ4n) is 6.36. The molecule has 0 radical (unpaired) electrons. The van der Waals surface area contributed by atoms with Crippen LogP contribution in [-0.2, 0) is 10.8 Å². The Kier molecular flexibility index (Phi) is 4.56. The van der Waals surface area contributed by atoms with Gasteiger partial charge >= 0.3 is 0 Å². The lowest BCUT2D eigenvalue weighted by atomic mass is 9.77. The molecule has 0 aromatic carbocycles. The van der Waals surface area contributed by atoms with E-state index >= 15 is 0 Å². The Labute approximate surface area is 200 Å². The van der Waals surface area contributed by atoms with Crippen LogP contribution in [0.25, 0.3) is 0 Å². The average molecular weight is 487 g/mol. The highest BCUT2D eigenvalue weighted by atomic mass is 35.5. The van der Waals surface area contributed by atoms with E-state index in [9.17, 15) is 9.32 Å². The van der Waals surface area contributed by atoms with Gasteiger partial charge in [0.15, 0.2) is 0 Å². The summed E-state index contributed by atoms with van der Waals surface area (Å²) in [6.45, 7) is 1.92. The molecular formula is C23H27ClN6O2S. The van der Waals surface area contributed by atoms with Crippen LogP contribution in [0.2, 0.25) is 5.02 Å². The third-order valence-corrected chi connectivity index (χ3v) is 10.5. The van der Waals surface area contributed by atoms with Gasteiger partial charge in [-0.1, -0.05) is 11.6 Å². The van der Waals surface area contributed by atoms with E-state index in [4.69, 9.17) is 21.6 Å². The van der Waals surface area contributed by atoms with Gasteiger partial charge in [-0.05, 0) is 50.4 Å². The molecule has 5 aliphatic rings. The summed E-state index contributed by atoms with van der Waals surface area (Å²) in [6.07, 6.45) is 9.41. The molecule has 33 heavy (non-hydrogen) atoms. The maximum absolute atomic E-state index is 13.0. The Morgan fingerprint density at radius 3 is 2.52 bits per heavy atom. The van der Waals surface area contributed by atoms with Gasteiger partial charge in [0, 0.05) is 42.6 Å². The number of rotatable bonds is 5. The maximum Gasteiger partial charge on any atom is 0.227 e. The van der Waals surface area contributed by atoms with Crippen LogP contribution in [0, 0.1) is 11.8 Å². The Morgan fingerprint density at radius 1 is 1.15 bits per heavy atom. The van der Waals surface area contributed by atoms with Crippen LogP contribution in [0.3, 0.4) is 0 Å². The number of fused-ring (bicyclic) bond motifs is 4. The van der Waals surface area contributed by atoms with Crippen molar-refractivity contribution in [1.29, 1.82) is 0 Å². The first-order valence-corrected chi connectivity index (χ1v) is 13.6. The molecule has 0 bridgehead atoms. The molecule has 4 fully saturated rings. The van der Waals surface area contributed by atoms with Crippen molar-refractivity contribution >= 4 is 34.2 Å². The summed E-state index contributed by atoms with van der Waals surface area (Å²) in [6, 6.07) is 0. The Balaban J connectivity index is 1.14. The average Bonchev–Trinajstić information content (AvgIpc) is 3.22. The zero-order valence-corrected chi connectivity index (χ0v) is 19.9. The molecule has 4 heterocycles. The van der Waals surface area contributed by atoms with Crippen molar-refractivity contribution in [3.63, 3.8) is 0 Å². The van der Waals surface area contributed by atoms with Crippen LogP contribution in [0.15, 0.2) is 17.3 Å². The van der Waals surface area contributed by atoms with Crippen LogP contribution in [0.1, 0.15) is 61.9 Å². The molecular weight excluding hydrogens is 460 g/mol. The first kappa shape index (κ1) is 20.5. The van der Waals surface area contributed by atoms with E-state index in [1.54, 1.807) is 12.4 Å². The molecule has 0 amide bonds. The van der Waals surface area contributed by atoms with E-state index in [1.165, 1.54) is 0 Å². The topological polar surface area (TPSA) is 104 Å². The third-order valence-electron chi connectivity index (χ3n) is 8.48. The van der Waals surface area contributed by atoms with Gasteiger partial charge in [0.25, 0.3) is 0 Å². The van der Waals surface area contributed by atoms with Crippen molar-refractivity contribution in [2.75, 3.05) is 29.9 Å². The molecule has 4 unspecified atom stereocenters. The molecule has 1 saturated heterocycles. The van der Waals surface area contributed by atoms with Crippen LogP contribution in [0.5, 0.6) is 0 Å². The van der Waals surface area contributed by atoms with Gasteiger partial charge in [-0.2, -0.15) is 4.98 Å². The molecule has 0 spiro atoms. The smallest absolute Gasteiger partial charge is 0.227 e. The summed E-state index contributed by atoms with van der Waals surface area (Å²) >= 11 is 5.95. The van der Waals surface area contributed by atoms with Crippen molar-refractivity contribution in [3.05, 3.63) is 28.9 Å². The lowest BCUT2D eigenvalue weighted by Gasteiger charge is -2.41. The van der Waals surface area contributed by atoms with Crippen molar-refractivity contribution in [2.24, 2.45) is 11.8 Å². The van der Waals surface area contributed by atoms with Gasteiger partial charge in [-0.3, -0.25) is 4.21 Å². The molecule has 2 aliphatic heterocycles. The highest BCUT2D eigenvalue weighted by Gasteiger charge is 2.55. The van der Waals surface area contributed by atoms with Gasteiger partial charge in [-0.15, -0.1) is 0 Å². The Hall–Kier alpha value is -1.84. The van der Waals surface area contributed by atoms with Crippen molar-refractivity contribution in [3.8, 4) is 0 Å². The molecule has 3 saturated carbocycles. The van der Waals surface area contributed by atoms with E-state index in [0.29, 0.717) is 34.5 Å². The first-order chi connectivity index (χ1) is 16.0. The maximum atomic E-state index is 13.0. The van der Waals surface area contributed by atoms with E-state index in [2.05, 4.69) is 20.2 Å². The molecule has 7 rings (SSSR count). The lowest BCUT2D eigenvalue weighted by Crippen LogP contribution is -2.48. The molecule has 10 heteroatoms. The van der Waals surface area contributed by atoms with E-state index in [0.717, 1.165) is 74.0 Å². The highest BCUT2D eigenvalue weighted by Crippen LogP contribution is 2.56. The zero-order valence-electron chi connectivity index (χ0n) is 18.3. The van der Waals surface area contributed by atoms with Gasteiger partial charge < -0.3 is 15.3 Å². The molecule has 5 atom stereocenters. The summed E-state index contributed by atoms with van der Waals surface area (Å²) in [5.74, 6) is 4.18. The number of aromatic nitrogens is 4. The zero-order chi connectivity index (χ0) is 22.3. The number of anilines is 2. The van der Waals surface area contributed by atoms with Crippen LogP contribution >= 0.6 is 11.6 Å². The summed E-state index contributed by atoms with van der Waals surface area (Å²) in [5.41, 5.74) is 0.645. The van der Waals surface area contributed by atoms with Crippen LogP contribution in [-0.4, -0.2) is 59.7 Å². The number of nitrogens with one attached hydrogen (secondary N) is 1. The molecule has 174 valence electrons. The number of halogens is 1. The van der Waals surface area contributed by atoms with Gasteiger partial charge in [0.2, 0.25) is 5.95 Å². The van der Waals surface area contributed by atoms with Crippen LogP contribution in [0.4, 0.5) is 11.8 Å². The van der Waals surface area contributed by atoms with Crippen LogP contribution < -0.4 is 10.2 Å². The van der Waals surface area contributed by atoms with E-state index < -0.39 is 10.8 Å². The summed E-state index contributed by atoms with van der Waals surface area (Å²) in [5, 5.41) is 14.3. The summed E-state index contributed by atoms with van der Waals surface area (Å²) in [4.78, 5) is 21.9. The largest absolute Gasteiger partial charge is 0.394 e. The quantitative estimate of drug-likeness (QED) is 0.664. The number of aliphatic hydroxyl groups is 1. The normalized spacial score (nSPS) is 35.0. The standard InChI is InChI=1S/C23H27ClN6O2S/c24-15-7-25-20(26-8-15)12-4-13-9-30(10-14(13)5-12)22-27-18-16-6-17(16)33(32)19(18)21(28-22)29-23(11-31)2-1-3-23/h7-8,12-14,16-17,31H,1-6,9-11H2,(H,27,28,29)/t12?,13?,14?,16?,17?,33-/m0/s1. The van der Waals surface area contributed by atoms with Gasteiger partial charge in [-0.25, -0.2) is 15.0 Å². The fourth-order valence-corrected chi connectivity index (χ4v) is 8.26. The third kappa shape index (κ3) is 3.22. The SMILES string of the molecule is O=[S@@]1c2c(NC3(CO)CCC3)nc(N3CC4CC(c5ncc(Cl)cn5)CC4C3)nc2C2CC21. The minimum atomic E-state index is -1.05. The first-order valence-electron chi connectivity index (χ1n) is 12.0. The summed E-state index contributed by atoms with van der Waals surface area (Å²) < 4.78 is 13.0. The molecule has 2 aromatic rings. The molecule has 8 nitrogen and oxygen atoms in total. The number of nitrogens with zero attached hydrogens (tertiary/aromatic N) is 5. The molecule has 3 aliphatic carbocycles.